The van der Waals surface area contributed by atoms with Gasteiger partial charge in [0.15, 0.2) is 5.82 Å². The number of nitrogens with zero attached hydrogens (tertiary/aromatic N) is 3. The molecule has 0 aliphatic carbocycles. The first kappa shape index (κ1) is 15.9. The van der Waals surface area contributed by atoms with Crippen LogP contribution >= 0.6 is 0 Å². The molecule has 9 heteroatoms. The number of carbonyl (C=O) groups is 1. The number of aromatic nitrogens is 3. The van der Waals surface area contributed by atoms with E-state index < -0.39 is 15.9 Å². The Hall–Kier alpha value is -1.48. The Labute approximate surface area is 124 Å². The maximum Gasteiger partial charge on any atom is 0.224 e. The number of rotatable bonds is 5. The van der Waals surface area contributed by atoms with Crippen LogP contribution < -0.4 is 5.32 Å². The van der Waals surface area contributed by atoms with Gasteiger partial charge in [-0.15, -0.1) is 0 Å². The molecule has 8 nitrogen and oxygen atoms in total. The van der Waals surface area contributed by atoms with Crippen LogP contribution in [-0.4, -0.2) is 59.7 Å². The van der Waals surface area contributed by atoms with E-state index in [1.54, 1.807) is 14.0 Å². The summed E-state index contributed by atoms with van der Waals surface area (Å²) in [6, 6.07) is 0. The quantitative estimate of drug-likeness (QED) is 0.769. The Morgan fingerprint density at radius 1 is 1.48 bits per heavy atom. The van der Waals surface area contributed by atoms with Crippen LogP contribution in [-0.2, 0) is 14.8 Å². The summed E-state index contributed by atoms with van der Waals surface area (Å²) in [4.78, 5) is 16.3. The highest BCUT2D eigenvalue weighted by atomic mass is 32.2. The minimum atomic E-state index is -3.33. The van der Waals surface area contributed by atoms with Crippen molar-refractivity contribution in [3.05, 3.63) is 11.6 Å². The standard InChI is InChI=1S/C12H21N5O3S/c1-4-5-21(19,20)17-6-9(10(7-17)12(18)13-3)11-14-8(2)15-16-11/h9-10H,4-7H2,1-3H3,(H,13,18)(H,14,15,16)/t9-,10-/m1/s1. The summed E-state index contributed by atoms with van der Waals surface area (Å²) in [6.07, 6.45) is 0.550. The van der Waals surface area contributed by atoms with Crippen molar-refractivity contribution in [1.29, 1.82) is 0 Å². The molecule has 1 saturated heterocycles. The van der Waals surface area contributed by atoms with Crippen molar-refractivity contribution in [3.8, 4) is 0 Å². The van der Waals surface area contributed by atoms with Crippen LogP contribution in [0.5, 0.6) is 0 Å². The minimum Gasteiger partial charge on any atom is -0.359 e. The lowest BCUT2D eigenvalue weighted by Gasteiger charge is -2.15. The number of amides is 1. The van der Waals surface area contributed by atoms with Crippen molar-refractivity contribution in [2.24, 2.45) is 5.92 Å². The van der Waals surface area contributed by atoms with Crippen molar-refractivity contribution in [3.63, 3.8) is 0 Å². The average Bonchev–Trinajstić information content (AvgIpc) is 3.04. The summed E-state index contributed by atoms with van der Waals surface area (Å²) in [6.45, 7) is 4.02. The summed E-state index contributed by atoms with van der Waals surface area (Å²) in [5, 5.41) is 9.42. The lowest BCUT2D eigenvalue weighted by molar-refractivity contribution is -0.124. The summed E-state index contributed by atoms with van der Waals surface area (Å²) in [5.74, 6) is 0.272. The monoisotopic (exact) mass is 315 g/mol. The molecule has 2 rings (SSSR count). The van der Waals surface area contributed by atoms with Gasteiger partial charge in [0, 0.05) is 26.1 Å². The molecule has 0 radical (unpaired) electrons. The molecule has 21 heavy (non-hydrogen) atoms. The molecule has 0 aromatic carbocycles. The molecule has 118 valence electrons. The zero-order valence-corrected chi connectivity index (χ0v) is 13.3. The van der Waals surface area contributed by atoms with Crippen LogP contribution in [0.3, 0.4) is 0 Å². The summed E-state index contributed by atoms with van der Waals surface area (Å²) >= 11 is 0. The molecule has 1 aromatic heterocycles. The highest BCUT2D eigenvalue weighted by Gasteiger charge is 2.44. The molecule has 0 saturated carbocycles. The van der Waals surface area contributed by atoms with Gasteiger partial charge < -0.3 is 5.32 Å². The second kappa shape index (κ2) is 6.10. The predicted molar refractivity (Wildman–Crippen MR) is 77.1 cm³/mol. The zero-order valence-electron chi connectivity index (χ0n) is 12.5. The second-order valence-corrected chi connectivity index (χ2v) is 7.33. The van der Waals surface area contributed by atoms with Gasteiger partial charge in [-0.25, -0.2) is 17.7 Å². The average molecular weight is 315 g/mol. The van der Waals surface area contributed by atoms with Crippen LogP contribution in [0, 0.1) is 12.8 Å². The molecule has 0 bridgehead atoms. The van der Waals surface area contributed by atoms with E-state index in [-0.39, 0.29) is 30.7 Å². The van der Waals surface area contributed by atoms with E-state index in [1.807, 2.05) is 6.92 Å². The number of aromatic amines is 1. The first-order chi connectivity index (χ1) is 9.89. The fraction of sp³-hybridized carbons (Fsp3) is 0.750. The van der Waals surface area contributed by atoms with Crippen molar-refractivity contribution < 1.29 is 13.2 Å². The molecule has 2 heterocycles. The predicted octanol–water partition coefficient (Wildman–Crippen LogP) is -0.386. The number of aryl methyl sites for hydroxylation is 1. The fourth-order valence-electron chi connectivity index (χ4n) is 2.62. The SMILES string of the molecule is CCCS(=O)(=O)N1C[C@@H](C(=O)NC)[C@H](c2n[nH]c(C)n2)C1. The van der Waals surface area contributed by atoms with Gasteiger partial charge in [0.1, 0.15) is 5.82 Å². The van der Waals surface area contributed by atoms with Crippen LogP contribution in [0.4, 0.5) is 0 Å². The molecule has 1 aliphatic heterocycles. The van der Waals surface area contributed by atoms with Crippen molar-refractivity contribution >= 4 is 15.9 Å². The molecule has 0 spiro atoms. The van der Waals surface area contributed by atoms with Crippen molar-refractivity contribution in [1.82, 2.24) is 24.8 Å². The molecule has 2 atom stereocenters. The van der Waals surface area contributed by atoms with Gasteiger partial charge in [-0.1, -0.05) is 6.92 Å². The maximum atomic E-state index is 12.2. The van der Waals surface area contributed by atoms with E-state index in [0.717, 1.165) is 0 Å². The second-order valence-electron chi connectivity index (χ2n) is 5.24. The van der Waals surface area contributed by atoms with Gasteiger partial charge in [-0.3, -0.25) is 9.89 Å². The van der Waals surface area contributed by atoms with Crippen LogP contribution in [0.25, 0.3) is 0 Å². The Balaban J connectivity index is 2.28. The van der Waals surface area contributed by atoms with Gasteiger partial charge in [-0.05, 0) is 13.3 Å². The number of hydrogen-bond acceptors (Lipinski definition) is 5. The zero-order chi connectivity index (χ0) is 15.6. The van der Waals surface area contributed by atoms with Crippen LogP contribution in [0.2, 0.25) is 0 Å². The number of hydrogen-bond donors (Lipinski definition) is 2. The Bertz CT molecular complexity index is 612. The minimum absolute atomic E-state index is 0.0905. The fourth-order valence-corrected chi connectivity index (χ4v) is 4.17. The number of nitrogens with one attached hydrogen (secondary N) is 2. The lowest BCUT2D eigenvalue weighted by atomic mass is 9.94. The van der Waals surface area contributed by atoms with E-state index >= 15 is 0 Å². The number of carbonyl (C=O) groups excluding carboxylic acids is 1. The Kier molecular flexibility index (Phi) is 4.62. The number of H-pyrrole nitrogens is 1. The maximum absolute atomic E-state index is 12.2. The molecule has 0 unspecified atom stereocenters. The Morgan fingerprint density at radius 3 is 2.71 bits per heavy atom. The van der Waals surface area contributed by atoms with Crippen molar-refractivity contribution in [2.75, 3.05) is 25.9 Å². The topological polar surface area (TPSA) is 108 Å². The largest absolute Gasteiger partial charge is 0.359 e. The van der Waals surface area contributed by atoms with E-state index in [2.05, 4.69) is 20.5 Å². The third-order valence-corrected chi connectivity index (χ3v) is 5.68. The van der Waals surface area contributed by atoms with Gasteiger partial charge in [0.25, 0.3) is 0 Å². The molecule has 1 aliphatic rings. The van der Waals surface area contributed by atoms with E-state index in [4.69, 9.17) is 0 Å². The van der Waals surface area contributed by atoms with E-state index in [0.29, 0.717) is 18.1 Å². The first-order valence-corrected chi connectivity index (χ1v) is 8.58. The molecule has 1 fully saturated rings. The van der Waals surface area contributed by atoms with Crippen LogP contribution in [0.15, 0.2) is 0 Å². The van der Waals surface area contributed by atoms with Gasteiger partial charge in [0.2, 0.25) is 15.9 Å². The van der Waals surface area contributed by atoms with E-state index in [9.17, 15) is 13.2 Å². The highest BCUT2D eigenvalue weighted by molar-refractivity contribution is 7.89. The molecule has 2 N–H and O–H groups in total. The molecule has 1 aromatic rings. The third kappa shape index (κ3) is 3.24. The third-order valence-electron chi connectivity index (χ3n) is 3.67. The van der Waals surface area contributed by atoms with Crippen molar-refractivity contribution in [2.45, 2.75) is 26.2 Å². The highest BCUT2D eigenvalue weighted by Crippen LogP contribution is 2.32. The molecular weight excluding hydrogens is 294 g/mol. The van der Waals surface area contributed by atoms with Crippen LogP contribution in [0.1, 0.15) is 30.9 Å². The first-order valence-electron chi connectivity index (χ1n) is 6.97. The number of sulfonamides is 1. The summed E-state index contributed by atoms with van der Waals surface area (Å²) < 4.78 is 25.8. The lowest BCUT2D eigenvalue weighted by Crippen LogP contribution is -2.34. The molecule has 1 amide bonds. The Morgan fingerprint density at radius 2 is 2.19 bits per heavy atom. The summed E-state index contributed by atoms with van der Waals surface area (Å²) in [5.41, 5.74) is 0. The summed E-state index contributed by atoms with van der Waals surface area (Å²) in [7, 11) is -1.78. The molecular formula is C12H21N5O3S. The normalized spacial score (nSPS) is 23.4. The van der Waals surface area contributed by atoms with Gasteiger partial charge >= 0.3 is 0 Å². The van der Waals surface area contributed by atoms with E-state index in [1.165, 1.54) is 4.31 Å². The smallest absolute Gasteiger partial charge is 0.224 e. The van der Waals surface area contributed by atoms with Gasteiger partial charge in [-0.2, -0.15) is 5.10 Å². The van der Waals surface area contributed by atoms with Gasteiger partial charge in [0.05, 0.1) is 11.7 Å².